The van der Waals surface area contributed by atoms with E-state index in [0.29, 0.717) is 6.54 Å². The van der Waals surface area contributed by atoms with Crippen LogP contribution >= 0.6 is 0 Å². The molecule has 0 saturated heterocycles. The summed E-state index contributed by atoms with van der Waals surface area (Å²) in [5.41, 5.74) is 4.54. The Kier molecular flexibility index (Phi) is 7.42. The standard InChI is InChI=1S/C26H30N4O3/c1-32-24-17-20-10-14-30(15-13-28-26(31)29-21-8-11-27-12-9-21)23(22(20)18-25(24)33-2)16-19-6-4-3-5-7-19/h3-9,11-12,17-18,23H,10,13-16H2,1-2H3,(H2,27,28,29,31). The summed E-state index contributed by atoms with van der Waals surface area (Å²) < 4.78 is 11.1. The van der Waals surface area contributed by atoms with Gasteiger partial charge in [0.1, 0.15) is 0 Å². The van der Waals surface area contributed by atoms with Crippen LogP contribution in [0.2, 0.25) is 0 Å². The summed E-state index contributed by atoms with van der Waals surface area (Å²) >= 11 is 0. The van der Waals surface area contributed by atoms with E-state index in [-0.39, 0.29) is 12.1 Å². The van der Waals surface area contributed by atoms with E-state index in [1.165, 1.54) is 16.7 Å². The van der Waals surface area contributed by atoms with Crippen molar-refractivity contribution in [1.29, 1.82) is 0 Å². The average molecular weight is 447 g/mol. The highest BCUT2D eigenvalue weighted by atomic mass is 16.5. The van der Waals surface area contributed by atoms with Crippen LogP contribution in [0.15, 0.2) is 67.0 Å². The minimum Gasteiger partial charge on any atom is -0.493 e. The second-order valence-electron chi connectivity index (χ2n) is 8.01. The number of carbonyl (C=O) groups is 1. The van der Waals surface area contributed by atoms with Crippen LogP contribution in [0.5, 0.6) is 11.5 Å². The molecule has 33 heavy (non-hydrogen) atoms. The summed E-state index contributed by atoms with van der Waals surface area (Å²) in [5, 5.41) is 5.81. The molecule has 7 heteroatoms. The summed E-state index contributed by atoms with van der Waals surface area (Å²) in [5.74, 6) is 1.50. The van der Waals surface area contributed by atoms with Gasteiger partial charge in [-0.15, -0.1) is 0 Å². The first kappa shape index (κ1) is 22.6. The molecule has 4 rings (SSSR count). The predicted octanol–water partition coefficient (Wildman–Crippen LogP) is 4.06. The predicted molar refractivity (Wildman–Crippen MR) is 129 cm³/mol. The van der Waals surface area contributed by atoms with Gasteiger partial charge in [-0.2, -0.15) is 0 Å². The molecule has 0 spiro atoms. The molecule has 0 radical (unpaired) electrons. The number of anilines is 1. The Bertz CT molecular complexity index is 1060. The van der Waals surface area contributed by atoms with Crippen molar-refractivity contribution < 1.29 is 14.3 Å². The summed E-state index contributed by atoms with van der Waals surface area (Å²) in [4.78, 5) is 18.7. The Labute approximate surface area is 194 Å². The molecule has 1 aromatic heterocycles. The number of fused-ring (bicyclic) bond motifs is 1. The van der Waals surface area contributed by atoms with Crippen LogP contribution in [0.25, 0.3) is 0 Å². The normalized spacial score (nSPS) is 15.4. The number of methoxy groups -OCH3 is 2. The lowest BCUT2D eigenvalue weighted by Gasteiger charge is -2.38. The zero-order chi connectivity index (χ0) is 23.0. The molecule has 2 N–H and O–H groups in total. The van der Waals surface area contributed by atoms with Gasteiger partial charge in [0.2, 0.25) is 0 Å². The van der Waals surface area contributed by atoms with Crippen LogP contribution in [0.3, 0.4) is 0 Å². The van der Waals surface area contributed by atoms with Crippen LogP contribution in [0, 0.1) is 0 Å². The Morgan fingerprint density at radius 1 is 1.06 bits per heavy atom. The number of urea groups is 1. The minimum atomic E-state index is -0.218. The van der Waals surface area contributed by atoms with E-state index in [2.05, 4.69) is 56.9 Å². The molecule has 7 nitrogen and oxygen atoms in total. The largest absolute Gasteiger partial charge is 0.493 e. The molecule has 172 valence electrons. The number of hydrogen-bond acceptors (Lipinski definition) is 5. The molecule has 0 bridgehead atoms. The minimum absolute atomic E-state index is 0.181. The third-order valence-corrected chi connectivity index (χ3v) is 6.01. The molecule has 3 aromatic rings. The van der Waals surface area contributed by atoms with Gasteiger partial charge in [0.25, 0.3) is 0 Å². The van der Waals surface area contributed by atoms with Crippen molar-refractivity contribution >= 4 is 11.7 Å². The van der Waals surface area contributed by atoms with Crippen molar-refractivity contribution in [3.8, 4) is 11.5 Å². The number of carbonyl (C=O) groups excluding carboxylic acids is 1. The van der Waals surface area contributed by atoms with Crippen molar-refractivity contribution in [3.63, 3.8) is 0 Å². The van der Waals surface area contributed by atoms with E-state index in [9.17, 15) is 4.79 Å². The van der Waals surface area contributed by atoms with Gasteiger partial charge in [-0.25, -0.2) is 4.79 Å². The molecule has 1 aliphatic rings. The molecule has 0 aliphatic carbocycles. The summed E-state index contributed by atoms with van der Waals surface area (Å²) in [6, 6.07) is 18.2. The molecule has 0 saturated carbocycles. The van der Waals surface area contributed by atoms with E-state index in [1.54, 1.807) is 38.7 Å². The number of amides is 2. The molecule has 2 heterocycles. The highest BCUT2D eigenvalue weighted by Crippen LogP contribution is 2.39. The van der Waals surface area contributed by atoms with Crippen LogP contribution in [-0.4, -0.2) is 49.8 Å². The fourth-order valence-corrected chi connectivity index (χ4v) is 4.35. The fraction of sp³-hybridized carbons (Fsp3) is 0.308. The highest BCUT2D eigenvalue weighted by Gasteiger charge is 2.29. The van der Waals surface area contributed by atoms with Gasteiger partial charge >= 0.3 is 6.03 Å². The quantitative estimate of drug-likeness (QED) is 0.546. The molecule has 0 fully saturated rings. The number of nitrogens with one attached hydrogen (secondary N) is 2. The second kappa shape index (κ2) is 10.8. The van der Waals surface area contributed by atoms with Gasteiger partial charge in [0.05, 0.1) is 14.2 Å². The average Bonchev–Trinajstić information content (AvgIpc) is 2.85. The molecular weight excluding hydrogens is 416 g/mol. The Hall–Kier alpha value is -3.58. The van der Waals surface area contributed by atoms with Crippen LogP contribution in [0.4, 0.5) is 10.5 Å². The van der Waals surface area contributed by atoms with E-state index in [1.807, 2.05) is 6.07 Å². The highest BCUT2D eigenvalue weighted by molar-refractivity contribution is 5.89. The Morgan fingerprint density at radius 2 is 1.79 bits per heavy atom. The lowest BCUT2D eigenvalue weighted by molar-refractivity contribution is 0.183. The maximum Gasteiger partial charge on any atom is 0.319 e. The van der Waals surface area contributed by atoms with Crippen LogP contribution < -0.4 is 20.1 Å². The van der Waals surface area contributed by atoms with Crippen LogP contribution in [0.1, 0.15) is 22.7 Å². The van der Waals surface area contributed by atoms with Gasteiger partial charge in [0, 0.05) is 43.8 Å². The van der Waals surface area contributed by atoms with Crippen LogP contribution in [-0.2, 0) is 12.8 Å². The van der Waals surface area contributed by atoms with E-state index in [0.717, 1.165) is 43.1 Å². The molecule has 2 aromatic carbocycles. The SMILES string of the molecule is COc1cc2c(cc1OC)C(Cc1ccccc1)N(CCNC(=O)Nc1ccncc1)CC2. The lowest BCUT2D eigenvalue weighted by atomic mass is 9.88. The summed E-state index contributed by atoms with van der Waals surface area (Å²) in [6.07, 6.45) is 5.10. The smallest absolute Gasteiger partial charge is 0.319 e. The summed E-state index contributed by atoms with van der Waals surface area (Å²) in [7, 11) is 3.34. The van der Waals surface area contributed by atoms with Gasteiger partial charge < -0.3 is 20.1 Å². The van der Waals surface area contributed by atoms with E-state index >= 15 is 0 Å². The first-order valence-electron chi connectivity index (χ1n) is 11.2. The monoisotopic (exact) mass is 446 g/mol. The summed E-state index contributed by atoms with van der Waals surface area (Å²) in [6.45, 7) is 2.20. The number of ether oxygens (including phenoxy) is 2. The van der Waals surface area contributed by atoms with Crippen molar-refractivity contribution in [2.75, 3.05) is 39.2 Å². The Balaban J connectivity index is 1.48. The zero-order valence-corrected chi connectivity index (χ0v) is 19.1. The number of nitrogens with zero attached hydrogens (tertiary/aromatic N) is 2. The lowest BCUT2D eigenvalue weighted by Crippen LogP contribution is -2.42. The van der Waals surface area contributed by atoms with Crippen molar-refractivity contribution in [3.05, 3.63) is 83.7 Å². The van der Waals surface area contributed by atoms with E-state index in [4.69, 9.17) is 9.47 Å². The molecule has 2 amide bonds. The third kappa shape index (κ3) is 5.62. The second-order valence-corrected chi connectivity index (χ2v) is 8.01. The number of aromatic nitrogens is 1. The van der Waals surface area contributed by atoms with Crippen molar-refractivity contribution in [1.82, 2.24) is 15.2 Å². The zero-order valence-electron chi connectivity index (χ0n) is 19.1. The first-order valence-corrected chi connectivity index (χ1v) is 11.2. The first-order chi connectivity index (χ1) is 16.2. The van der Waals surface area contributed by atoms with Gasteiger partial charge in [-0.3, -0.25) is 9.88 Å². The molecule has 1 unspecified atom stereocenters. The van der Waals surface area contributed by atoms with Gasteiger partial charge in [0.15, 0.2) is 11.5 Å². The maximum absolute atomic E-state index is 12.3. The third-order valence-electron chi connectivity index (χ3n) is 6.01. The molecular formula is C26H30N4O3. The fourth-order valence-electron chi connectivity index (χ4n) is 4.35. The Morgan fingerprint density at radius 3 is 2.52 bits per heavy atom. The molecule has 1 aliphatic heterocycles. The maximum atomic E-state index is 12.3. The number of pyridine rings is 1. The number of hydrogen-bond donors (Lipinski definition) is 2. The van der Waals surface area contributed by atoms with Crippen molar-refractivity contribution in [2.45, 2.75) is 18.9 Å². The number of rotatable bonds is 8. The van der Waals surface area contributed by atoms with E-state index < -0.39 is 0 Å². The number of benzene rings is 2. The molecule has 1 atom stereocenters. The van der Waals surface area contributed by atoms with Crippen molar-refractivity contribution in [2.24, 2.45) is 0 Å². The van der Waals surface area contributed by atoms with Gasteiger partial charge in [-0.1, -0.05) is 30.3 Å². The topological polar surface area (TPSA) is 75.7 Å². The van der Waals surface area contributed by atoms with Gasteiger partial charge in [-0.05, 0) is 53.8 Å².